The number of benzene rings is 2. The average Bonchev–Trinajstić information content (AvgIpc) is 2.29. The van der Waals surface area contributed by atoms with E-state index in [9.17, 15) is 9.18 Å². The van der Waals surface area contributed by atoms with Gasteiger partial charge >= 0.3 is 5.97 Å². The van der Waals surface area contributed by atoms with E-state index in [0.717, 1.165) is 11.1 Å². The van der Waals surface area contributed by atoms with Crippen LogP contribution in [-0.4, -0.2) is 11.1 Å². The van der Waals surface area contributed by atoms with Gasteiger partial charge in [-0.15, -0.1) is 0 Å². The normalized spacial score (nSPS) is 10.5. The maximum absolute atomic E-state index is 14.2. The summed E-state index contributed by atoms with van der Waals surface area (Å²) in [6.45, 7) is 5.37. The lowest BCUT2D eigenvalue weighted by Gasteiger charge is -2.13. The highest BCUT2D eigenvalue weighted by atomic mass is 19.1. The zero-order valence-electron chi connectivity index (χ0n) is 11.1. The van der Waals surface area contributed by atoms with Crippen molar-refractivity contribution < 1.29 is 14.3 Å². The molecule has 0 aliphatic rings. The van der Waals surface area contributed by atoms with Crippen LogP contribution in [0.4, 0.5) is 4.39 Å². The second kappa shape index (κ2) is 4.84. The molecule has 0 saturated heterocycles. The third-order valence-corrected chi connectivity index (χ3v) is 3.27. The van der Waals surface area contributed by atoms with Crippen LogP contribution in [0, 0.1) is 26.6 Å². The van der Waals surface area contributed by atoms with Crippen molar-refractivity contribution in [3.05, 3.63) is 58.4 Å². The molecule has 0 heterocycles. The first-order valence-electron chi connectivity index (χ1n) is 6.02. The van der Waals surface area contributed by atoms with Gasteiger partial charge in [-0.05, 0) is 55.2 Å². The van der Waals surface area contributed by atoms with Crippen LogP contribution in [0.2, 0.25) is 0 Å². The van der Waals surface area contributed by atoms with Crippen molar-refractivity contribution in [1.82, 2.24) is 0 Å². The Balaban J connectivity index is 2.73. The molecule has 98 valence electrons. The Morgan fingerprint density at radius 1 is 1.16 bits per heavy atom. The molecule has 2 rings (SSSR count). The Bertz CT molecular complexity index is 637. The van der Waals surface area contributed by atoms with Crippen molar-refractivity contribution in [1.29, 1.82) is 0 Å². The van der Waals surface area contributed by atoms with E-state index < -0.39 is 5.97 Å². The molecule has 0 atom stereocenters. The third kappa shape index (κ3) is 2.36. The summed E-state index contributed by atoms with van der Waals surface area (Å²) >= 11 is 0. The highest BCUT2D eigenvalue weighted by Crippen LogP contribution is 2.31. The number of aryl methyl sites for hydroxylation is 2. The fourth-order valence-corrected chi connectivity index (χ4v) is 2.39. The summed E-state index contributed by atoms with van der Waals surface area (Å²) in [7, 11) is 0. The molecule has 1 N–H and O–H groups in total. The van der Waals surface area contributed by atoms with Gasteiger partial charge < -0.3 is 5.11 Å². The predicted molar refractivity (Wildman–Crippen MR) is 73.0 cm³/mol. The van der Waals surface area contributed by atoms with Gasteiger partial charge in [0.2, 0.25) is 0 Å². The van der Waals surface area contributed by atoms with Crippen LogP contribution in [0.3, 0.4) is 0 Å². The van der Waals surface area contributed by atoms with Gasteiger partial charge in [-0.2, -0.15) is 0 Å². The summed E-state index contributed by atoms with van der Waals surface area (Å²) in [6, 6.07) is 8.29. The summed E-state index contributed by atoms with van der Waals surface area (Å²) < 4.78 is 14.2. The van der Waals surface area contributed by atoms with E-state index in [-0.39, 0.29) is 11.4 Å². The Kier molecular flexibility index (Phi) is 3.38. The number of carboxylic acid groups (broad SMARTS) is 1. The van der Waals surface area contributed by atoms with Gasteiger partial charge in [-0.25, -0.2) is 9.18 Å². The van der Waals surface area contributed by atoms with Crippen LogP contribution in [0.15, 0.2) is 30.3 Å². The second-order valence-electron chi connectivity index (χ2n) is 4.72. The van der Waals surface area contributed by atoms with E-state index in [2.05, 4.69) is 0 Å². The van der Waals surface area contributed by atoms with Crippen LogP contribution in [-0.2, 0) is 0 Å². The van der Waals surface area contributed by atoms with Gasteiger partial charge in [-0.1, -0.05) is 18.2 Å². The van der Waals surface area contributed by atoms with Gasteiger partial charge in [0.25, 0.3) is 0 Å². The molecule has 2 aromatic rings. The Hall–Kier alpha value is -2.16. The van der Waals surface area contributed by atoms with Crippen molar-refractivity contribution in [2.24, 2.45) is 0 Å². The molecule has 2 aromatic carbocycles. The fourth-order valence-electron chi connectivity index (χ4n) is 2.39. The van der Waals surface area contributed by atoms with E-state index >= 15 is 0 Å². The first kappa shape index (κ1) is 13.3. The van der Waals surface area contributed by atoms with Gasteiger partial charge in [0.05, 0.1) is 5.56 Å². The van der Waals surface area contributed by atoms with E-state index in [0.29, 0.717) is 16.7 Å². The first-order valence-corrected chi connectivity index (χ1v) is 6.02. The minimum absolute atomic E-state index is 0.205. The van der Waals surface area contributed by atoms with E-state index in [4.69, 9.17) is 5.11 Å². The number of aromatic carboxylic acids is 1. The molecule has 0 spiro atoms. The van der Waals surface area contributed by atoms with Crippen LogP contribution < -0.4 is 0 Å². The molecular formula is C16H15FO2. The topological polar surface area (TPSA) is 37.3 Å². The van der Waals surface area contributed by atoms with Crippen molar-refractivity contribution in [2.45, 2.75) is 20.8 Å². The fraction of sp³-hybridized carbons (Fsp3) is 0.188. The van der Waals surface area contributed by atoms with Gasteiger partial charge in [0, 0.05) is 5.56 Å². The van der Waals surface area contributed by atoms with Crippen molar-refractivity contribution in [2.75, 3.05) is 0 Å². The SMILES string of the molecule is Cc1cc(C)c(-c2cccc(C(=O)O)c2C)c(F)c1. The minimum atomic E-state index is -0.996. The minimum Gasteiger partial charge on any atom is -0.478 e. The molecule has 0 amide bonds. The molecule has 0 aromatic heterocycles. The van der Waals surface area contributed by atoms with Crippen molar-refractivity contribution in [3.63, 3.8) is 0 Å². The van der Waals surface area contributed by atoms with Gasteiger partial charge in [-0.3, -0.25) is 0 Å². The van der Waals surface area contributed by atoms with E-state index in [1.807, 2.05) is 19.9 Å². The van der Waals surface area contributed by atoms with Crippen LogP contribution in [0.1, 0.15) is 27.0 Å². The average molecular weight is 258 g/mol. The monoisotopic (exact) mass is 258 g/mol. The molecule has 0 fully saturated rings. The summed E-state index contributed by atoms with van der Waals surface area (Å²) in [6.07, 6.45) is 0. The zero-order valence-corrected chi connectivity index (χ0v) is 11.1. The van der Waals surface area contributed by atoms with E-state index in [1.54, 1.807) is 19.1 Å². The lowest BCUT2D eigenvalue weighted by atomic mass is 9.92. The zero-order chi connectivity index (χ0) is 14.2. The summed E-state index contributed by atoms with van der Waals surface area (Å²) in [4.78, 5) is 11.1. The summed E-state index contributed by atoms with van der Waals surface area (Å²) in [5, 5.41) is 9.13. The Morgan fingerprint density at radius 3 is 2.42 bits per heavy atom. The van der Waals surface area contributed by atoms with Gasteiger partial charge in [0.15, 0.2) is 0 Å². The highest BCUT2D eigenvalue weighted by Gasteiger charge is 2.15. The number of carboxylic acids is 1. The molecule has 0 aliphatic carbocycles. The number of rotatable bonds is 2. The molecule has 0 saturated carbocycles. The van der Waals surface area contributed by atoms with Crippen molar-refractivity contribution >= 4 is 5.97 Å². The molecule has 0 unspecified atom stereocenters. The van der Waals surface area contributed by atoms with E-state index in [1.165, 1.54) is 12.1 Å². The lowest BCUT2D eigenvalue weighted by molar-refractivity contribution is 0.0696. The predicted octanol–water partition coefficient (Wildman–Crippen LogP) is 4.12. The van der Waals surface area contributed by atoms with Crippen molar-refractivity contribution in [3.8, 4) is 11.1 Å². The highest BCUT2D eigenvalue weighted by molar-refractivity contribution is 5.92. The molecule has 2 nitrogen and oxygen atoms in total. The molecule has 0 bridgehead atoms. The lowest BCUT2D eigenvalue weighted by Crippen LogP contribution is -2.02. The summed E-state index contributed by atoms with van der Waals surface area (Å²) in [5.74, 6) is -1.31. The molecule has 19 heavy (non-hydrogen) atoms. The molecule has 0 radical (unpaired) electrons. The largest absolute Gasteiger partial charge is 0.478 e. The summed E-state index contributed by atoms with van der Waals surface area (Å²) in [5.41, 5.74) is 3.56. The number of hydrogen-bond donors (Lipinski definition) is 1. The quantitative estimate of drug-likeness (QED) is 0.879. The Morgan fingerprint density at radius 2 is 1.84 bits per heavy atom. The standard InChI is InChI=1S/C16H15FO2/c1-9-7-10(2)15(14(17)8-9)12-5-4-6-13(11(12)3)16(18)19/h4-8H,1-3H3,(H,18,19). The smallest absolute Gasteiger partial charge is 0.335 e. The van der Waals surface area contributed by atoms with Crippen LogP contribution in [0.5, 0.6) is 0 Å². The maximum Gasteiger partial charge on any atom is 0.335 e. The number of carbonyl (C=O) groups is 1. The molecule has 0 aliphatic heterocycles. The second-order valence-corrected chi connectivity index (χ2v) is 4.72. The van der Waals surface area contributed by atoms with Gasteiger partial charge in [0.1, 0.15) is 5.82 Å². The number of hydrogen-bond acceptors (Lipinski definition) is 1. The third-order valence-electron chi connectivity index (χ3n) is 3.27. The maximum atomic E-state index is 14.2. The molecular weight excluding hydrogens is 243 g/mol. The number of halogens is 1. The first-order chi connectivity index (χ1) is 8.91. The van der Waals surface area contributed by atoms with Crippen LogP contribution in [0.25, 0.3) is 11.1 Å². The van der Waals surface area contributed by atoms with Crippen LogP contribution >= 0.6 is 0 Å². The Labute approximate surface area is 111 Å². The molecule has 3 heteroatoms.